The quantitative estimate of drug-likeness (QED) is 0.750. The molecule has 1 heterocycles. The minimum absolute atomic E-state index is 0.336. The molecule has 2 rings (SSSR count). The van der Waals surface area contributed by atoms with E-state index in [1.165, 1.54) is 12.8 Å². The van der Waals surface area contributed by atoms with Crippen molar-refractivity contribution in [3.05, 3.63) is 17.5 Å². The standard InChI is InChI=1S/C11H18N4O/c1-7-9(6-15(2)14-7)10(11(12)16)13-5-8-3-4-8/h6,8,10,13H,3-5H2,1-2H3,(H2,12,16). The number of nitrogens with zero attached hydrogens (tertiary/aromatic N) is 2. The molecule has 88 valence electrons. The summed E-state index contributed by atoms with van der Waals surface area (Å²) in [5, 5.41) is 7.45. The zero-order valence-corrected chi connectivity index (χ0v) is 9.73. The summed E-state index contributed by atoms with van der Waals surface area (Å²) in [5.41, 5.74) is 7.16. The number of aromatic nitrogens is 2. The zero-order valence-electron chi connectivity index (χ0n) is 9.73. The predicted molar refractivity (Wildman–Crippen MR) is 60.6 cm³/mol. The molecule has 5 nitrogen and oxygen atoms in total. The molecule has 3 N–H and O–H groups in total. The molecule has 0 aliphatic heterocycles. The lowest BCUT2D eigenvalue weighted by atomic mass is 10.1. The molecule has 1 aliphatic carbocycles. The maximum Gasteiger partial charge on any atom is 0.239 e. The van der Waals surface area contributed by atoms with E-state index in [0.29, 0.717) is 0 Å². The van der Waals surface area contributed by atoms with Crippen molar-refractivity contribution < 1.29 is 4.79 Å². The van der Waals surface area contributed by atoms with Gasteiger partial charge in [-0.3, -0.25) is 9.48 Å². The van der Waals surface area contributed by atoms with Gasteiger partial charge in [0.15, 0.2) is 0 Å². The summed E-state index contributed by atoms with van der Waals surface area (Å²) in [6.07, 6.45) is 4.36. The van der Waals surface area contributed by atoms with Gasteiger partial charge in [0.2, 0.25) is 5.91 Å². The van der Waals surface area contributed by atoms with Gasteiger partial charge in [-0.25, -0.2) is 0 Å². The molecular formula is C11H18N4O. The van der Waals surface area contributed by atoms with Crippen LogP contribution in [-0.4, -0.2) is 22.2 Å². The fraction of sp³-hybridized carbons (Fsp3) is 0.636. The fourth-order valence-corrected chi connectivity index (χ4v) is 1.87. The Morgan fingerprint density at radius 3 is 2.88 bits per heavy atom. The molecule has 1 atom stereocenters. The number of nitrogens with two attached hydrogens (primary N) is 1. The van der Waals surface area contributed by atoms with E-state index in [1.54, 1.807) is 4.68 Å². The number of aryl methyl sites for hydroxylation is 2. The van der Waals surface area contributed by atoms with Crippen molar-refractivity contribution >= 4 is 5.91 Å². The summed E-state index contributed by atoms with van der Waals surface area (Å²) in [4.78, 5) is 11.4. The first kappa shape index (κ1) is 11.1. The van der Waals surface area contributed by atoms with Crippen molar-refractivity contribution in [3.8, 4) is 0 Å². The van der Waals surface area contributed by atoms with Crippen molar-refractivity contribution in [2.45, 2.75) is 25.8 Å². The van der Waals surface area contributed by atoms with Gasteiger partial charge in [0.25, 0.3) is 0 Å². The number of carbonyl (C=O) groups excluding carboxylic acids is 1. The van der Waals surface area contributed by atoms with E-state index in [9.17, 15) is 4.79 Å². The van der Waals surface area contributed by atoms with Gasteiger partial charge in [0.05, 0.1) is 5.69 Å². The van der Waals surface area contributed by atoms with Crippen LogP contribution in [0.15, 0.2) is 6.20 Å². The first-order chi connectivity index (χ1) is 7.58. The average Bonchev–Trinajstić information content (AvgIpc) is 2.94. The number of rotatable bonds is 5. The molecule has 1 amide bonds. The minimum atomic E-state index is -0.408. The number of hydrogen-bond donors (Lipinski definition) is 2. The van der Waals surface area contributed by atoms with Crippen LogP contribution in [0.1, 0.15) is 30.1 Å². The molecule has 1 aromatic rings. The van der Waals surface area contributed by atoms with Gasteiger partial charge in [0, 0.05) is 18.8 Å². The molecule has 16 heavy (non-hydrogen) atoms. The summed E-state index contributed by atoms with van der Waals surface area (Å²) >= 11 is 0. The minimum Gasteiger partial charge on any atom is -0.368 e. The maximum atomic E-state index is 11.4. The topological polar surface area (TPSA) is 72.9 Å². The molecule has 0 bridgehead atoms. The van der Waals surface area contributed by atoms with Crippen LogP contribution in [0.25, 0.3) is 0 Å². The van der Waals surface area contributed by atoms with Gasteiger partial charge < -0.3 is 11.1 Å². The summed E-state index contributed by atoms with van der Waals surface area (Å²) in [5.74, 6) is 0.385. The Kier molecular flexibility index (Phi) is 2.96. The molecule has 0 saturated heterocycles. The molecular weight excluding hydrogens is 204 g/mol. The summed E-state index contributed by atoms with van der Waals surface area (Å²) in [6, 6.07) is -0.408. The summed E-state index contributed by atoms with van der Waals surface area (Å²) < 4.78 is 1.71. The van der Waals surface area contributed by atoms with Crippen molar-refractivity contribution in [1.29, 1.82) is 0 Å². The number of nitrogens with one attached hydrogen (secondary N) is 1. The van der Waals surface area contributed by atoms with E-state index in [0.717, 1.165) is 23.7 Å². The van der Waals surface area contributed by atoms with E-state index in [2.05, 4.69) is 10.4 Å². The third kappa shape index (κ3) is 2.41. The van der Waals surface area contributed by atoms with Crippen LogP contribution in [0, 0.1) is 12.8 Å². The first-order valence-electron chi connectivity index (χ1n) is 5.60. The zero-order chi connectivity index (χ0) is 11.7. The van der Waals surface area contributed by atoms with Crippen LogP contribution in [0.2, 0.25) is 0 Å². The second-order valence-corrected chi connectivity index (χ2v) is 4.53. The van der Waals surface area contributed by atoms with E-state index >= 15 is 0 Å². The second-order valence-electron chi connectivity index (χ2n) is 4.53. The summed E-state index contributed by atoms with van der Waals surface area (Å²) in [7, 11) is 1.84. The Morgan fingerprint density at radius 2 is 2.44 bits per heavy atom. The van der Waals surface area contributed by atoms with Crippen LogP contribution in [0.5, 0.6) is 0 Å². The molecule has 1 aliphatic rings. The Labute approximate surface area is 95.0 Å². The van der Waals surface area contributed by atoms with Gasteiger partial charge in [-0.15, -0.1) is 0 Å². The highest BCUT2D eigenvalue weighted by molar-refractivity contribution is 5.81. The fourth-order valence-electron chi connectivity index (χ4n) is 1.87. The van der Waals surface area contributed by atoms with Crippen molar-refractivity contribution in [2.75, 3.05) is 6.54 Å². The van der Waals surface area contributed by atoms with Crippen LogP contribution in [0.4, 0.5) is 0 Å². The van der Waals surface area contributed by atoms with Crippen LogP contribution in [-0.2, 0) is 11.8 Å². The Balaban J connectivity index is 2.10. The van der Waals surface area contributed by atoms with Crippen LogP contribution >= 0.6 is 0 Å². The Bertz CT molecular complexity index is 395. The smallest absolute Gasteiger partial charge is 0.239 e. The van der Waals surface area contributed by atoms with Gasteiger partial charge >= 0.3 is 0 Å². The number of primary amides is 1. The molecule has 5 heteroatoms. The van der Waals surface area contributed by atoms with Crippen LogP contribution < -0.4 is 11.1 Å². The predicted octanol–water partition coefficient (Wildman–Crippen LogP) is 0.255. The average molecular weight is 222 g/mol. The number of carbonyl (C=O) groups is 1. The monoisotopic (exact) mass is 222 g/mol. The lowest BCUT2D eigenvalue weighted by Gasteiger charge is -2.14. The highest BCUT2D eigenvalue weighted by atomic mass is 16.1. The normalized spacial score (nSPS) is 17.4. The van der Waals surface area contributed by atoms with Gasteiger partial charge in [-0.1, -0.05) is 0 Å². The molecule has 0 radical (unpaired) electrons. The second kappa shape index (κ2) is 4.25. The van der Waals surface area contributed by atoms with Crippen molar-refractivity contribution in [1.82, 2.24) is 15.1 Å². The molecule has 1 unspecified atom stereocenters. The Hall–Kier alpha value is -1.36. The third-order valence-corrected chi connectivity index (χ3v) is 2.95. The van der Waals surface area contributed by atoms with E-state index in [4.69, 9.17) is 5.73 Å². The third-order valence-electron chi connectivity index (χ3n) is 2.95. The lowest BCUT2D eigenvalue weighted by Crippen LogP contribution is -2.35. The molecule has 0 aromatic carbocycles. The van der Waals surface area contributed by atoms with Crippen LogP contribution in [0.3, 0.4) is 0 Å². The number of hydrogen-bond acceptors (Lipinski definition) is 3. The lowest BCUT2D eigenvalue weighted by molar-refractivity contribution is -0.120. The van der Waals surface area contributed by atoms with Crippen molar-refractivity contribution in [2.24, 2.45) is 18.7 Å². The molecule has 0 spiro atoms. The van der Waals surface area contributed by atoms with E-state index in [1.807, 2.05) is 20.2 Å². The van der Waals surface area contributed by atoms with E-state index in [-0.39, 0.29) is 5.91 Å². The highest BCUT2D eigenvalue weighted by Crippen LogP contribution is 2.28. The van der Waals surface area contributed by atoms with Crippen molar-refractivity contribution in [3.63, 3.8) is 0 Å². The van der Waals surface area contributed by atoms with E-state index < -0.39 is 6.04 Å². The Morgan fingerprint density at radius 1 is 1.75 bits per heavy atom. The molecule has 1 saturated carbocycles. The molecule has 1 fully saturated rings. The SMILES string of the molecule is Cc1nn(C)cc1C(NCC1CC1)C(N)=O. The van der Waals surface area contributed by atoms with Gasteiger partial charge in [0.1, 0.15) is 6.04 Å². The van der Waals surface area contributed by atoms with Gasteiger partial charge in [-0.05, 0) is 32.2 Å². The molecule has 1 aromatic heterocycles. The largest absolute Gasteiger partial charge is 0.368 e. The first-order valence-corrected chi connectivity index (χ1v) is 5.60. The highest BCUT2D eigenvalue weighted by Gasteiger charge is 2.26. The maximum absolute atomic E-state index is 11.4. The number of amides is 1. The summed E-state index contributed by atoms with van der Waals surface area (Å²) in [6.45, 7) is 2.76. The van der Waals surface area contributed by atoms with Gasteiger partial charge in [-0.2, -0.15) is 5.10 Å².